The fourth-order valence-electron chi connectivity index (χ4n) is 0.280. The first kappa shape index (κ1) is 8.58. The van der Waals surface area contributed by atoms with E-state index in [2.05, 4.69) is 23.5 Å². The van der Waals surface area contributed by atoms with Crippen molar-refractivity contribution in [3.8, 4) is 0 Å². The summed E-state index contributed by atoms with van der Waals surface area (Å²) in [6.07, 6.45) is 1.62. The molecule has 0 spiro atoms. The standard InChI is InChI=1S/C2H6N4S.Na.H/c1-5-2-3-4-6(5)7;;/h2,4,7H,1H3;;/q;+1;-1. The van der Waals surface area contributed by atoms with Crippen LogP contribution in [0, 0.1) is 0 Å². The Morgan fingerprint density at radius 2 is 2.50 bits per heavy atom. The van der Waals surface area contributed by atoms with Crippen molar-refractivity contribution in [3.63, 3.8) is 0 Å². The normalized spacial score (nSPS) is 18.0. The summed E-state index contributed by atoms with van der Waals surface area (Å²) >= 11 is 3.91. The Balaban J connectivity index is 0. The molecule has 1 aliphatic heterocycles. The molecule has 0 bridgehead atoms. The molecule has 0 saturated heterocycles. The van der Waals surface area contributed by atoms with Crippen LogP contribution in [0.15, 0.2) is 5.10 Å². The Morgan fingerprint density at radius 1 is 1.88 bits per heavy atom. The van der Waals surface area contributed by atoms with E-state index in [1.165, 1.54) is 4.52 Å². The van der Waals surface area contributed by atoms with Gasteiger partial charge in [-0.15, -0.1) is 0 Å². The van der Waals surface area contributed by atoms with Crippen LogP contribution in [0.4, 0.5) is 0 Å². The van der Waals surface area contributed by atoms with Gasteiger partial charge in [0, 0.05) is 7.05 Å². The number of rotatable bonds is 0. The number of hydrazone groups is 1. The maximum absolute atomic E-state index is 3.91. The molecule has 1 aliphatic rings. The van der Waals surface area contributed by atoms with Crippen molar-refractivity contribution >= 4 is 19.2 Å². The summed E-state index contributed by atoms with van der Waals surface area (Å²) < 4.78 is 1.46. The van der Waals surface area contributed by atoms with Gasteiger partial charge in [0.25, 0.3) is 0 Å². The minimum absolute atomic E-state index is 0. The van der Waals surface area contributed by atoms with Crippen molar-refractivity contribution < 1.29 is 31.0 Å². The van der Waals surface area contributed by atoms with E-state index in [0.29, 0.717) is 0 Å². The van der Waals surface area contributed by atoms with Gasteiger partial charge in [0.1, 0.15) is 6.34 Å². The summed E-state index contributed by atoms with van der Waals surface area (Å²) in [6.45, 7) is 0. The summed E-state index contributed by atoms with van der Waals surface area (Å²) in [4.78, 5) is 0. The molecule has 1 heterocycles. The van der Waals surface area contributed by atoms with Crippen LogP contribution in [0.5, 0.6) is 0 Å². The Morgan fingerprint density at radius 3 is 2.62 bits per heavy atom. The maximum atomic E-state index is 3.91. The summed E-state index contributed by atoms with van der Waals surface area (Å²) in [5.74, 6) is 0. The molecule has 42 valence electrons. The number of hydrogen-bond acceptors (Lipinski definition) is 5. The first-order chi connectivity index (χ1) is 3.30. The van der Waals surface area contributed by atoms with Gasteiger partial charge in [-0.05, 0) is 12.8 Å². The van der Waals surface area contributed by atoms with Gasteiger partial charge in [-0.2, -0.15) is 5.10 Å². The molecule has 0 amide bonds. The number of hydrogen-bond donors (Lipinski definition) is 2. The molecule has 4 nitrogen and oxygen atoms in total. The summed E-state index contributed by atoms with van der Waals surface area (Å²) in [5, 5.41) is 5.34. The quantitative estimate of drug-likeness (QED) is 0.272. The van der Waals surface area contributed by atoms with Gasteiger partial charge in [-0.1, -0.05) is 4.52 Å². The first-order valence-electron chi connectivity index (χ1n) is 1.81. The van der Waals surface area contributed by atoms with E-state index in [9.17, 15) is 0 Å². The van der Waals surface area contributed by atoms with Gasteiger partial charge in [0.05, 0.1) is 0 Å². The molecule has 0 unspecified atom stereocenters. The average Bonchev–Trinajstić information content (AvgIpc) is 1.91. The molecule has 0 aromatic rings. The molecule has 8 heavy (non-hydrogen) atoms. The third-order valence-corrected chi connectivity index (χ3v) is 1.04. The molecule has 0 atom stereocenters. The molecule has 0 fully saturated rings. The Hall–Kier alpha value is 0.580. The number of nitrogens with one attached hydrogen (secondary N) is 1. The number of nitrogens with zero attached hydrogens (tertiary/aromatic N) is 3. The number of thiol groups is 1. The molecule has 0 aliphatic carbocycles. The maximum Gasteiger partial charge on any atom is 1.00 e. The van der Waals surface area contributed by atoms with E-state index in [1.807, 2.05) is 7.05 Å². The zero-order chi connectivity index (χ0) is 5.28. The van der Waals surface area contributed by atoms with E-state index in [0.717, 1.165) is 0 Å². The van der Waals surface area contributed by atoms with Crippen molar-refractivity contribution in [3.05, 3.63) is 0 Å². The third kappa shape index (κ3) is 1.83. The van der Waals surface area contributed by atoms with E-state index in [-0.39, 0.29) is 31.0 Å². The summed E-state index contributed by atoms with van der Waals surface area (Å²) in [5.41, 5.74) is 2.56. The van der Waals surface area contributed by atoms with Crippen LogP contribution >= 0.6 is 12.8 Å². The van der Waals surface area contributed by atoms with Crippen LogP contribution in [0.25, 0.3) is 0 Å². The van der Waals surface area contributed by atoms with Crippen molar-refractivity contribution in [1.29, 1.82) is 0 Å². The fourth-order valence-corrected chi connectivity index (χ4v) is 0.378. The van der Waals surface area contributed by atoms with Crippen LogP contribution < -0.4 is 35.1 Å². The van der Waals surface area contributed by atoms with Crippen LogP contribution in [0.2, 0.25) is 0 Å². The predicted octanol–water partition coefficient (Wildman–Crippen LogP) is -3.44. The fraction of sp³-hybridized carbons (Fsp3) is 0.500. The third-order valence-electron chi connectivity index (χ3n) is 0.671. The molecule has 1 rings (SSSR count). The minimum Gasteiger partial charge on any atom is -1.00 e. The monoisotopic (exact) mass is 142 g/mol. The van der Waals surface area contributed by atoms with Crippen LogP contribution in [0.3, 0.4) is 0 Å². The molecule has 1 N–H and O–H groups in total. The largest absolute Gasteiger partial charge is 1.00 e. The molecule has 0 radical (unpaired) electrons. The predicted molar refractivity (Wildman–Crippen MR) is 31.3 cm³/mol. The second-order valence-electron chi connectivity index (χ2n) is 1.21. The van der Waals surface area contributed by atoms with E-state index >= 15 is 0 Å². The average molecular weight is 142 g/mol. The van der Waals surface area contributed by atoms with E-state index in [1.54, 1.807) is 11.3 Å². The van der Waals surface area contributed by atoms with Crippen LogP contribution in [-0.2, 0) is 0 Å². The summed E-state index contributed by atoms with van der Waals surface area (Å²) in [6, 6.07) is 0. The Kier molecular flexibility index (Phi) is 3.84. The second kappa shape index (κ2) is 3.58. The zero-order valence-corrected chi connectivity index (χ0v) is 7.76. The van der Waals surface area contributed by atoms with Gasteiger partial charge in [-0.3, -0.25) is 5.01 Å². The molecular formula is C2H7N4NaS. The first-order valence-corrected chi connectivity index (χ1v) is 2.21. The zero-order valence-electron chi connectivity index (χ0n) is 5.87. The smallest absolute Gasteiger partial charge is 1.00 e. The second-order valence-corrected chi connectivity index (χ2v) is 1.59. The van der Waals surface area contributed by atoms with Gasteiger partial charge in [0.15, 0.2) is 0 Å². The van der Waals surface area contributed by atoms with Crippen molar-refractivity contribution in [2.75, 3.05) is 7.05 Å². The van der Waals surface area contributed by atoms with Gasteiger partial charge in [-0.25, -0.2) is 5.53 Å². The number of hydrazine groups is 2. The molecule has 0 saturated carbocycles. The SMILES string of the molecule is CN1C=NNN1S.[H-].[Na+]. The topological polar surface area (TPSA) is 30.9 Å². The molecule has 6 heteroatoms. The van der Waals surface area contributed by atoms with Gasteiger partial charge >= 0.3 is 29.6 Å². The van der Waals surface area contributed by atoms with Gasteiger partial charge in [0.2, 0.25) is 0 Å². The van der Waals surface area contributed by atoms with Crippen molar-refractivity contribution in [2.24, 2.45) is 5.10 Å². The Labute approximate surface area is 77.2 Å². The van der Waals surface area contributed by atoms with Crippen molar-refractivity contribution in [2.45, 2.75) is 0 Å². The molecule has 0 aromatic carbocycles. The molecular weight excluding hydrogens is 135 g/mol. The van der Waals surface area contributed by atoms with Crippen LogP contribution in [-0.4, -0.2) is 22.9 Å². The van der Waals surface area contributed by atoms with Crippen molar-refractivity contribution in [1.82, 2.24) is 15.1 Å². The minimum atomic E-state index is 0. The van der Waals surface area contributed by atoms with Crippen LogP contribution in [0.1, 0.15) is 1.43 Å². The van der Waals surface area contributed by atoms with E-state index in [4.69, 9.17) is 0 Å². The summed E-state index contributed by atoms with van der Waals surface area (Å²) in [7, 11) is 1.83. The Bertz CT molecular complexity index is 101. The van der Waals surface area contributed by atoms with E-state index < -0.39 is 0 Å². The van der Waals surface area contributed by atoms with Gasteiger partial charge < -0.3 is 1.43 Å². The molecule has 0 aromatic heterocycles.